The molecule has 0 radical (unpaired) electrons. The lowest BCUT2D eigenvalue weighted by atomic mass is 10.0. The van der Waals surface area contributed by atoms with Crippen molar-refractivity contribution in [3.63, 3.8) is 0 Å². The van der Waals surface area contributed by atoms with Gasteiger partial charge in [0.2, 0.25) is 0 Å². The SMILES string of the molecule is COc1cc2c(c(-c3ccsc3)c1)OC(CN)C2. The van der Waals surface area contributed by atoms with Crippen molar-refractivity contribution >= 4 is 11.3 Å². The summed E-state index contributed by atoms with van der Waals surface area (Å²) in [7, 11) is 1.69. The molecule has 1 aliphatic heterocycles. The predicted octanol–water partition coefficient (Wildman–Crippen LogP) is 2.69. The fourth-order valence-electron chi connectivity index (χ4n) is 2.29. The van der Waals surface area contributed by atoms with E-state index in [2.05, 4.69) is 16.8 Å². The van der Waals surface area contributed by atoms with E-state index in [1.54, 1.807) is 18.4 Å². The van der Waals surface area contributed by atoms with Crippen molar-refractivity contribution in [2.45, 2.75) is 12.5 Å². The lowest BCUT2D eigenvalue weighted by Crippen LogP contribution is -2.24. The van der Waals surface area contributed by atoms with Crippen molar-refractivity contribution in [2.75, 3.05) is 13.7 Å². The minimum atomic E-state index is 0.0875. The highest BCUT2D eigenvalue weighted by atomic mass is 32.1. The molecule has 3 nitrogen and oxygen atoms in total. The van der Waals surface area contributed by atoms with Gasteiger partial charge in [-0.25, -0.2) is 0 Å². The van der Waals surface area contributed by atoms with Gasteiger partial charge in [-0.2, -0.15) is 11.3 Å². The van der Waals surface area contributed by atoms with Gasteiger partial charge in [-0.15, -0.1) is 0 Å². The van der Waals surface area contributed by atoms with Gasteiger partial charge in [0.05, 0.1) is 7.11 Å². The van der Waals surface area contributed by atoms with E-state index in [0.717, 1.165) is 23.5 Å². The summed E-state index contributed by atoms with van der Waals surface area (Å²) < 4.78 is 11.3. The third-order valence-electron chi connectivity index (χ3n) is 3.20. The van der Waals surface area contributed by atoms with E-state index in [9.17, 15) is 0 Å². The molecule has 0 bridgehead atoms. The standard InChI is InChI=1S/C14H15NO2S/c1-16-11-4-10-5-12(7-15)17-14(10)13(6-11)9-2-3-18-8-9/h2-4,6,8,12H,5,7,15H2,1H3. The second kappa shape index (κ2) is 4.63. The highest BCUT2D eigenvalue weighted by Crippen LogP contribution is 2.42. The van der Waals surface area contributed by atoms with Crippen LogP contribution in [0.2, 0.25) is 0 Å². The summed E-state index contributed by atoms with van der Waals surface area (Å²) in [6, 6.07) is 6.17. The molecule has 1 atom stereocenters. The van der Waals surface area contributed by atoms with E-state index < -0.39 is 0 Å². The quantitative estimate of drug-likeness (QED) is 0.924. The Balaban J connectivity index is 2.11. The molecule has 94 valence electrons. The summed E-state index contributed by atoms with van der Waals surface area (Å²) in [5, 5.41) is 4.19. The van der Waals surface area contributed by atoms with Gasteiger partial charge < -0.3 is 15.2 Å². The maximum Gasteiger partial charge on any atom is 0.131 e. The molecule has 2 aromatic rings. The summed E-state index contributed by atoms with van der Waals surface area (Å²) in [6.07, 6.45) is 0.949. The van der Waals surface area contributed by atoms with Crippen LogP contribution in [0.25, 0.3) is 11.1 Å². The van der Waals surface area contributed by atoms with Gasteiger partial charge >= 0.3 is 0 Å². The number of rotatable bonds is 3. The first-order valence-electron chi connectivity index (χ1n) is 5.92. The van der Waals surface area contributed by atoms with Crippen LogP contribution in [0.4, 0.5) is 0 Å². The van der Waals surface area contributed by atoms with Gasteiger partial charge in [0.15, 0.2) is 0 Å². The lowest BCUT2D eigenvalue weighted by Gasteiger charge is -2.11. The molecule has 1 aromatic carbocycles. The fourth-order valence-corrected chi connectivity index (χ4v) is 2.94. The molecule has 1 aliphatic rings. The molecule has 0 amide bonds. The van der Waals surface area contributed by atoms with E-state index in [-0.39, 0.29) is 6.10 Å². The average Bonchev–Trinajstić information content (AvgIpc) is 3.05. The molecule has 1 aromatic heterocycles. The van der Waals surface area contributed by atoms with Crippen LogP contribution < -0.4 is 15.2 Å². The van der Waals surface area contributed by atoms with Crippen LogP contribution in [-0.2, 0) is 6.42 Å². The zero-order valence-corrected chi connectivity index (χ0v) is 11.0. The summed E-state index contributed by atoms with van der Waals surface area (Å²) in [5.41, 5.74) is 9.16. The smallest absolute Gasteiger partial charge is 0.131 e. The number of hydrogen-bond donors (Lipinski definition) is 1. The number of methoxy groups -OCH3 is 1. The Labute approximate surface area is 110 Å². The zero-order chi connectivity index (χ0) is 12.5. The summed E-state index contributed by atoms with van der Waals surface area (Å²) in [6.45, 7) is 0.542. The molecule has 0 saturated carbocycles. The molecular formula is C14H15NO2S. The Bertz CT molecular complexity index is 551. The van der Waals surface area contributed by atoms with Crippen molar-refractivity contribution in [2.24, 2.45) is 5.73 Å². The molecule has 4 heteroatoms. The number of hydrogen-bond acceptors (Lipinski definition) is 4. The first-order valence-corrected chi connectivity index (χ1v) is 6.86. The summed E-state index contributed by atoms with van der Waals surface area (Å²) >= 11 is 1.68. The minimum Gasteiger partial charge on any atom is -0.497 e. The topological polar surface area (TPSA) is 44.5 Å². The minimum absolute atomic E-state index is 0.0875. The predicted molar refractivity (Wildman–Crippen MR) is 73.5 cm³/mol. The monoisotopic (exact) mass is 261 g/mol. The molecule has 0 fully saturated rings. The molecule has 0 aliphatic carbocycles. The van der Waals surface area contributed by atoms with Gasteiger partial charge in [0, 0.05) is 24.1 Å². The van der Waals surface area contributed by atoms with Gasteiger partial charge in [-0.3, -0.25) is 0 Å². The molecule has 2 N–H and O–H groups in total. The maximum atomic E-state index is 5.93. The highest BCUT2D eigenvalue weighted by molar-refractivity contribution is 7.08. The Kier molecular flexibility index (Phi) is 2.97. The van der Waals surface area contributed by atoms with Crippen LogP contribution in [0.5, 0.6) is 11.5 Å². The second-order valence-electron chi connectivity index (χ2n) is 4.35. The van der Waals surface area contributed by atoms with E-state index in [1.165, 1.54) is 11.1 Å². The lowest BCUT2D eigenvalue weighted by molar-refractivity contribution is 0.242. The molecule has 1 unspecified atom stereocenters. The van der Waals surface area contributed by atoms with Crippen LogP contribution in [0.1, 0.15) is 5.56 Å². The third kappa shape index (κ3) is 1.87. The molecule has 3 rings (SSSR count). The summed E-state index contributed by atoms with van der Waals surface area (Å²) in [4.78, 5) is 0. The Hall–Kier alpha value is -1.52. The zero-order valence-electron chi connectivity index (χ0n) is 10.2. The number of benzene rings is 1. The number of nitrogens with two attached hydrogens (primary N) is 1. The fraction of sp³-hybridized carbons (Fsp3) is 0.286. The molecular weight excluding hydrogens is 246 g/mol. The van der Waals surface area contributed by atoms with Crippen molar-refractivity contribution in [1.82, 2.24) is 0 Å². The van der Waals surface area contributed by atoms with Crippen LogP contribution in [0.3, 0.4) is 0 Å². The Morgan fingerprint density at radius 3 is 3.06 bits per heavy atom. The first kappa shape index (κ1) is 11.6. The van der Waals surface area contributed by atoms with Gasteiger partial charge in [-0.1, -0.05) is 0 Å². The molecule has 0 spiro atoms. The Morgan fingerprint density at radius 1 is 1.50 bits per heavy atom. The molecule has 2 heterocycles. The van der Waals surface area contributed by atoms with Gasteiger partial charge in [0.25, 0.3) is 0 Å². The van der Waals surface area contributed by atoms with Crippen molar-refractivity contribution in [3.05, 3.63) is 34.5 Å². The second-order valence-corrected chi connectivity index (χ2v) is 5.13. The summed E-state index contributed by atoms with van der Waals surface area (Å²) in [5.74, 6) is 1.83. The molecule has 18 heavy (non-hydrogen) atoms. The largest absolute Gasteiger partial charge is 0.497 e. The van der Waals surface area contributed by atoms with Crippen molar-refractivity contribution in [1.29, 1.82) is 0 Å². The molecule has 0 saturated heterocycles. The van der Waals surface area contributed by atoms with Crippen LogP contribution in [-0.4, -0.2) is 19.8 Å². The normalized spacial score (nSPS) is 17.3. The number of fused-ring (bicyclic) bond motifs is 1. The van der Waals surface area contributed by atoms with E-state index >= 15 is 0 Å². The van der Waals surface area contributed by atoms with E-state index in [0.29, 0.717) is 6.54 Å². The van der Waals surface area contributed by atoms with E-state index in [4.69, 9.17) is 15.2 Å². The third-order valence-corrected chi connectivity index (χ3v) is 3.89. The average molecular weight is 261 g/mol. The van der Waals surface area contributed by atoms with Crippen molar-refractivity contribution in [3.8, 4) is 22.6 Å². The van der Waals surface area contributed by atoms with E-state index in [1.807, 2.05) is 12.1 Å². The van der Waals surface area contributed by atoms with Crippen LogP contribution >= 0.6 is 11.3 Å². The maximum absolute atomic E-state index is 5.93. The Morgan fingerprint density at radius 2 is 2.39 bits per heavy atom. The number of ether oxygens (including phenoxy) is 2. The first-order chi connectivity index (χ1) is 8.81. The van der Waals surface area contributed by atoms with Crippen molar-refractivity contribution < 1.29 is 9.47 Å². The van der Waals surface area contributed by atoms with Crippen LogP contribution in [0, 0.1) is 0 Å². The van der Waals surface area contributed by atoms with Crippen LogP contribution in [0.15, 0.2) is 29.0 Å². The highest BCUT2D eigenvalue weighted by Gasteiger charge is 2.26. The number of thiophene rings is 1. The van der Waals surface area contributed by atoms with Gasteiger partial charge in [0.1, 0.15) is 17.6 Å². The van der Waals surface area contributed by atoms with Gasteiger partial charge in [-0.05, 0) is 34.5 Å².